The highest BCUT2D eigenvalue weighted by Gasteiger charge is 2.38. The maximum Gasteiger partial charge on any atom is 0.00391 e. The highest BCUT2D eigenvalue weighted by Crippen LogP contribution is 2.46. The SMILES string of the molecule is CC1CCC2(CCC2)CN1.Cl. The number of halogens is 1. The van der Waals surface area contributed by atoms with E-state index in [4.69, 9.17) is 0 Å². The molecule has 11 heavy (non-hydrogen) atoms. The van der Waals surface area contributed by atoms with E-state index in [1.54, 1.807) is 0 Å². The van der Waals surface area contributed by atoms with Crippen molar-refractivity contribution in [2.45, 2.75) is 45.1 Å². The van der Waals surface area contributed by atoms with Crippen molar-refractivity contribution in [3.63, 3.8) is 0 Å². The number of hydrogen-bond donors (Lipinski definition) is 1. The minimum absolute atomic E-state index is 0. The fraction of sp³-hybridized carbons (Fsp3) is 1.00. The molecule has 0 aromatic carbocycles. The van der Waals surface area contributed by atoms with Gasteiger partial charge in [-0.25, -0.2) is 0 Å². The molecule has 2 heteroatoms. The van der Waals surface area contributed by atoms with Crippen LogP contribution in [0, 0.1) is 5.41 Å². The largest absolute Gasteiger partial charge is 0.314 e. The zero-order valence-corrected chi connectivity index (χ0v) is 8.04. The van der Waals surface area contributed by atoms with E-state index in [9.17, 15) is 0 Å². The summed E-state index contributed by atoms with van der Waals surface area (Å²) in [6.45, 7) is 3.60. The summed E-state index contributed by atoms with van der Waals surface area (Å²) in [6.07, 6.45) is 7.36. The Morgan fingerprint density at radius 2 is 2.00 bits per heavy atom. The number of hydrogen-bond acceptors (Lipinski definition) is 1. The quantitative estimate of drug-likeness (QED) is 0.596. The van der Waals surface area contributed by atoms with Gasteiger partial charge in [0.1, 0.15) is 0 Å². The molecule has 0 radical (unpaired) electrons. The fourth-order valence-corrected chi connectivity index (χ4v) is 2.21. The summed E-state index contributed by atoms with van der Waals surface area (Å²) in [5, 5.41) is 3.57. The first-order valence-electron chi connectivity index (χ1n) is 4.54. The van der Waals surface area contributed by atoms with Gasteiger partial charge in [0.05, 0.1) is 0 Å². The maximum atomic E-state index is 3.57. The first-order chi connectivity index (χ1) is 4.81. The summed E-state index contributed by atoms with van der Waals surface area (Å²) >= 11 is 0. The van der Waals surface area contributed by atoms with E-state index in [-0.39, 0.29) is 12.4 Å². The van der Waals surface area contributed by atoms with E-state index in [1.165, 1.54) is 38.6 Å². The van der Waals surface area contributed by atoms with Crippen LogP contribution in [0.1, 0.15) is 39.0 Å². The first-order valence-corrected chi connectivity index (χ1v) is 4.54. The summed E-state index contributed by atoms with van der Waals surface area (Å²) in [5.74, 6) is 0. The lowest BCUT2D eigenvalue weighted by molar-refractivity contribution is 0.0795. The van der Waals surface area contributed by atoms with Crippen LogP contribution in [-0.2, 0) is 0 Å². The molecule has 0 bridgehead atoms. The van der Waals surface area contributed by atoms with Gasteiger partial charge in [0.15, 0.2) is 0 Å². The molecule has 0 aromatic rings. The molecule has 0 amide bonds. The second kappa shape index (κ2) is 3.32. The van der Waals surface area contributed by atoms with Crippen molar-refractivity contribution >= 4 is 12.4 Å². The van der Waals surface area contributed by atoms with Crippen molar-refractivity contribution in [2.24, 2.45) is 5.41 Å². The van der Waals surface area contributed by atoms with Gasteiger partial charge >= 0.3 is 0 Å². The molecule has 2 fully saturated rings. The van der Waals surface area contributed by atoms with Gasteiger partial charge in [0.25, 0.3) is 0 Å². The highest BCUT2D eigenvalue weighted by atomic mass is 35.5. The molecule has 1 aliphatic carbocycles. The van der Waals surface area contributed by atoms with Crippen LogP contribution in [0.25, 0.3) is 0 Å². The Morgan fingerprint density at radius 3 is 2.36 bits per heavy atom. The molecular weight excluding hydrogens is 158 g/mol. The molecule has 1 unspecified atom stereocenters. The minimum atomic E-state index is 0. The Bertz CT molecular complexity index is 122. The van der Waals surface area contributed by atoms with Gasteiger partial charge in [-0.15, -0.1) is 12.4 Å². The maximum absolute atomic E-state index is 3.57. The number of nitrogens with one attached hydrogen (secondary N) is 1. The van der Waals surface area contributed by atoms with E-state index in [1.807, 2.05) is 0 Å². The molecule has 1 spiro atoms. The van der Waals surface area contributed by atoms with E-state index in [0.717, 1.165) is 11.5 Å². The van der Waals surface area contributed by atoms with Crippen LogP contribution in [0.5, 0.6) is 0 Å². The van der Waals surface area contributed by atoms with E-state index >= 15 is 0 Å². The van der Waals surface area contributed by atoms with Gasteiger partial charge in [-0.3, -0.25) is 0 Å². The summed E-state index contributed by atoms with van der Waals surface area (Å²) in [5.41, 5.74) is 0.770. The molecule has 1 N–H and O–H groups in total. The smallest absolute Gasteiger partial charge is 0.00391 e. The predicted molar refractivity (Wildman–Crippen MR) is 50.2 cm³/mol. The highest BCUT2D eigenvalue weighted by molar-refractivity contribution is 5.85. The van der Waals surface area contributed by atoms with Crippen LogP contribution < -0.4 is 5.32 Å². The molecule has 1 heterocycles. The predicted octanol–water partition coefficient (Wildman–Crippen LogP) is 2.35. The normalized spacial score (nSPS) is 34.1. The molecule has 2 aliphatic rings. The number of rotatable bonds is 0. The average molecular weight is 176 g/mol. The zero-order valence-electron chi connectivity index (χ0n) is 7.23. The Hall–Kier alpha value is 0.250. The van der Waals surface area contributed by atoms with Crippen LogP contribution in [-0.4, -0.2) is 12.6 Å². The van der Waals surface area contributed by atoms with Gasteiger partial charge in [-0.2, -0.15) is 0 Å². The lowest BCUT2D eigenvalue weighted by Gasteiger charge is -2.46. The summed E-state index contributed by atoms with van der Waals surface area (Å²) in [6, 6.07) is 0.784. The van der Waals surface area contributed by atoms with Crippen LogP contribution in [0.2, 0.25) is 0 Å². The Kier molecular flexibility index (Phi) is 2.82. The molecule has 0 aromatic heterocycles. The fourth-order valence-electron chi connectivity index (χ4n) is 2.21. The number of piperidine rings is 1. The van der Waals surface area contributed by atoms with Crippen LogP contribution in [0.3, 0.4) is 0 Å². The molecule has 1 aliphatic heterocycles. The lowest BCUT2D eigenvalue weighted by Crippen LogP contribution is -2.47. The minimum Gasteiger partial charge on any atom is -0.314 e. The third kappa shape index (κ3) is 1.70. The van der Waals surface area contributed by atoms with Crippen molar-refractivity contribution < 1.29 is 0 Å². The molecule has 1 atom stereocenters. The standard InChI is InChI=1S/C9H17N.ClH/c1-8-3-6-9(7-10-8)4-2-5-9;/h8,10H,2-7H2,1H3;1H. The summed E-state index contributed by atoms with van der Waals surface area (Å²) in [4.78, 5) is 0. The van der Waals surface area contributed by atoms with Crippen LogP contribution >= 0.6 is 12.4 Å². The molecule has 66 valence electrons. The second-order valence-electron chi connectivity index (χ2n) is 4.17. The molecule has 2 rings (SSSR count). The molecule has 1 nitrogen and oxygen atoms in total. The van der Waals surface area contributed by atoms with Gasteiger partial charge in [-0.05, 0) is 38.0 Å². The van der Waals surface area contributed by atoms with E-state index in [0.29, 0.717) is 0 Å². The van der Waals surface area contributed by atoms with Crippen molar-refractivity contribution in [1.82, 2.24) is 5.32 Å². The topological polar surface area (TPSA) is 12.0 Å². The van der Waals surface area contributed by atoms with E-state index < -0.39 is 0 Å². The van der Waals surface area contributed by atoms with Gasteiger partial charge in [0, 0.05) is 12.6 Å². The van der Waals surface area contributed by atoms with Crippen molar-refractivity contribution in [3.05, 3.63) is 0 Å². The van der Waals surface area contributed by atoms with Gasteiger partial charge in [-0.1, -0.05) is 6.42 Å². The summed E-state index contributed by atoms with van der Waals surface area (Å²) < 4.78 is 0. The van der Waals surface area contributed by atoms with Crippen molar-refractivity contribution in [3.8, 4) is 0 Å². The first kappa shape index (κ1) is 9.34. The molecule has 1 saturated carbocycles. The molecule has 1 saturated heterocycles. The Balaban J connectivity index is 0.000000605. The zero-order chi connectivity index (χ0) is 7.03. The molecular formula is C9H18ClN. The lowest BCUT2D eigenvalue weighted by atomic mass is 9.64. The van der Waals surface area contributed by atoms with Crippen LogP contribution in [0.15, 0.2) is 0 Å². The monoisotopic (exact) mass is 175 g/mol. The average Bonchev–Trinajstić information content (AvgIpc) is 1.86. The van der Waals surface area contributed by atoms with Gasteiger partial charge < -0.3 is 5.32 Å². The Labute approximate surface area is 75.4 Å². The third-order valence-corrected chi connectivity index (χ3v) is 3.35. The van der Waals surface area contributed by atoms with Crippen molar-refractivity contribution in [2.75, 3.05) is 6.54 Å². The summed E-state index contributed by atoms with van der Waals surface area (Å²) in [7, 11) is 0. The van der Waals surface area contributed by atoms with E-state index in [2.05, 4.69) is 12.2 Å². The Morgan fingerprint density at radius 1 is 1.27 bits per heavy atom. The third-order valence-electron chi connectivity index (χ3n) is 3.35. The van der Waals surface area contributed by atoms with Crippen LogP contribution in [0.4, 0.5) is 0 Å². The second-order valence-corrected chi connectivity index (χ2v) is 4.17. The van der Waals surface area contributed by atoms with Gasteiger partial charge in [0.2, 0.25) is 0 Å². The van der Waals surface area contributed by atoms with Crippen molar-refractivity contribution in [1.29, 1.82) is 0 Å².